The van der Waals surface area contributed by atoms with E-state index in [0.29, 0.717) is 5.41 Å². The van der Waals surface area contributed by atoms with Crippen molar-refractivity contribution in [1.29, 1.82) is 0 Å². The van der Waals surface area contributed by atoms with Crippen molar-refractivity contribution in [3.8, 4) is 0 Å². The van der Waals surface area contributed by atoms with Crippen LogP contribution in [0, 0.1) is 23.2 Å². The smallest absolute Gasteiger partial charge is 0.188 e. The topological polar surface area (TPSA) is 18.5 Å². The normalized spacial score (nSPS) is 52.0. The first-order valence-electron chi connectivity index (χ1n) is 8.77. The van der Waals surface area contributed by atoms with Gasteiger partial charge in [-0.05, 0) is 55.4 Å². The fraction of sp³-hybridized carbons (Fsp3) is 0.895. The molecule has 1 unspecified atom stereocenters. The highest BCUT2D eigenvalue weighted by Gasteiger charge is 2.59. The fourth-order valence-electron chi connectivity index (χ4n) is 5.60. The Balaban J connectivity index is 1.95. The minimum absolute atomic E-state index is 0.169. The van der Waals surface area contributed by atoms with E-state index in [0.717, 1.165) is 37.0 Å². The van der Waals surface area contributed by atoms with Gasteiger partial charge in [0.2, 0.25) is 0 Å². The molecular weight excluding hydrogens is 260 g/mol. The molecule has 0 aromatic rings. The van der Waals surface area contributed by atoms with Crippen molar-refractivity contribution in [3.05, 3.63) is 12.7 Å². The SMILES string of the molecule is C=C[C@@]1(CC)O[C@H]2CC3[C@H](C)CC[C@H]3C(C)(C)C[C@@]2(C)O1. The Hall–Kier alpha value is -0.340. The summed E-state index contributed by atoms with van der Waals surface area (Å²) in [5, 5.41) is 0. The summed E-state index contributed by atoms with van der Waals surface area (Å²) < 4.78 is 13.0. The molecule has 2 aliphatic carbocycles. The average Bonchev–Trinajstić information content (AvgIpc) is 2.88. The molecule has 120 valence electrons. The van der Waals surface area contributed by atoms with E-state index in [1.54, 1.807) is 0 Å². The highest BCUT2D eigenvalue weighted by atomic mass is 16.8. The fourth-order valence-corrected chi connectivity index (χ4v) is 5.60. The molecule has 1 aliphatic heterocycles. The second-order valence-corrected chi connectivity index (χ2v) is 8.62. The van der Waals surface area contributed by atoms with Gasteiger partial charge in [0.25, 0.3) is 0 Å². The van der Waals surface area contributed by atoms with Gasteiger partial charge in [0, 0.05) is 6.42 Å². The zero-order chi connectivity index (χ0) is 15.5. The molecule has 0 spiro atoms. The summed E-state index contributed by atoms with van der Waals surface area (Å²) in [6, 6.07) is 0. The molecule has 3 aliphatic rings. The first kappa shape index (κ1) is 15.6. The maximum atomic E-state index is 6.51. The Bertz CT molecular complexity index is 429. The monoisotopic (exact) mass is 292 g/mol. The van der Waals surface area contributed by atoms with E-state index in [1.807, 2.05) is 6.08 Å². The van der Waals surface area contributed by atoms with Gasteiger partial charge in [0.1, 0.15) is 0 Å². The van der Waals surface area contributed by atoms with Gasteiger partial charge in [-0.25, -0.2) is 0 Å². The maximum absolute atomic E-state index is 6.51. The van der Waals surface area contributed by atoms with Crippen LogP contribution in [0.5, 0.6) is 0 Å². The van der Waals surface area contributed by atoms with Crippen LogP contribution in [0.2, 0.25) is 0 Å². The number of ether oxygens (including phenoxy) is 2. The quantitative estimate of drug-likeness (QED) is 0.671. The predicted molar refractivity (Wildman–Crippen MR) is 86.0 cm³/mol. The summed E-state index contributed by atoms with van der Waals surface area (Å²) >= 11 is 0. The lowest BCUT2D eigenvalue weighted by Gasteiger charge is -2.39. The van der Waals surface area contributed by atoms with Crippen LogP contribution in [-0.4, -0.2) is 17.5 Å². The molecule has 0 aromatic heterocycles. The van der Waals surface area contributed by atoms with E-state index in [2.05, 4.69) is 41.2 Å². The third kappa shape index (κ3) is 2.30. The minimum Gasteiger partial charge on any atom is -0.340 e. The first-order valence-corrected chi connectivity index (χ1v) is 8.77. The molecule has 0 N–H and O–H groups in total. The van der Waals surface area contributed by atoms with E-state index in [9.17, 15) is 0 Å². The summed E-state index contributed by atoms with van der Waals surface area (Å²) in [5.41, 5.74) is 0.158. The Kier molecular flexibility index (Phi) is 3.57. The summed E-state index contributed by atoms with van der Waals surface area (Å²) in [7, 11) is 0. The van der Waals surface area contributed by atoms with Crippen LogP contribution in [0.1, 0.15) is 66.7 Å². The number of hydrogen-bond donors (Lipinski definition) is 0. The van der Waals surface area contributed by atoms with Crippen LogP contribution in [0.15, 0.2) is 12.7 Å². The van der Waals surface area contributed by atoms with Crippen LogP contribution >= 0.6 is 0 Å². The Morgan fingerprint density at radius 2 is 1.95 bits per heavy atom. The largest absolute Gasteiger partial charge is 0.340 e. The molecule has 6 atom stereocenters. The molecule has 0 aromatic carbocycles. The first-order chi connectivity index (χ1) is 9.75. The van der Waals surface area contributed by atoms with Crippen molar-refractivity contribution in [2.45, 2.75) is 84.2 Å². The number of fused-ring (bicyclic) bond motifs is 2. The van der Waals surface area contributed by atoms with Crippen molar-refractivity contribution >= 4 is 0 Å². The number of rotatable bonds is 2. The molecule has 3 rings (SSSR count). The van der Waals surface area contributed by atoms with E-state index in [1.165, 1.54) is 12.8 Å². The molecule has 2 nitrogen and oxygen atoms in total. The average molecular weight is 292 g/mol. The molecule has 1 heterocycles. The standard InChI is InChI=1S/C19H32O2/c1-7-19(8-2)20-16-11-14-13(3)9-10-15(14)17(4,5)12-18(16,6)21-19/h7,13-16H,1,8-12H2,2-6H3/t13-,14?,15-,16+,18-,19-/m1/s1. The van der Waals surface area contributed by atoms with Gasteiger partial charge >= 0.3 is 0 Å². The van der Waals surface area contributed by atoms with E-state index >= 15 is 0 Å². The zero-order valence-electron chi connectivity index (χ0n) is 14.4. The highest BCUT2D eigenvalue weighted by molar-refractivity contribution is 5.09. The molecule has 2 saturated carbocycles. The van der Waals surface area contributed by atoms with E-state index in [-0.39, 0.29) is 11.7 Å². The molecule has 0 amide bonds. The Morgan fingerprint density at radius 3 is 2.57 bits per heavy atom. The van der Waals surface area contributed by atoms with Crippen LogP contribution in [0.25, 0.3) is 0 Å². The van der Waals surface area contributed by atoms with Crippen LogP contribution in [0.3, 0.4) is 0 Å². The Labute approximate surface area is 130 Å². The second-order valence-electron chi connectivity index (χ2n) is 8.62. The molecule has 0 radical (unpaired) electrons. The third-order valence-corrected chi connectivity index (χ3v) is 6.71. The molecule has 2 heteroatoms. The van der Waals surface area contributed by atoms with Crippen molar-refractivity contribution in [1.82, 2.24) is 0 Å². The van der Waals surface area contributed by atoms with Gasteiger partial charge in [-0.2, -0.15) is 0 Å². The van der Waals surface area contributed by atoms with Crippen LogP contribution in [0.4, 0.5) is 0 Å². The van der Waals surface area contributed by atoms with E-state index < -0.39 is 5.79 Å². The van der Waals surface area contributed by atoms with Crippen molar-refractivity contribution in [2.75, 3.05) is 0 Å². The minimum atomic E-state index is -0.565. The van der Waals surface area contributed by atoms with Gasteiger partial charge in [0.05, 0.1) is 11.7 Å². The van der Waals surface area contributed by atoms with Crippen molar-refractivity contribution < 1.29 is 9.47 Å². The maximum Gasteiger partial charge on any atom is 0.188 e. The van der Waals surface area contributed by atoms with Gasteiger partial charge in [0.15, 0.2) is 5.79 Å². The molecule has 1 saturated heterocycles. The second kappa shape index (κ2) is 4.83. The lowest BCUT2D eigenvalue weighted by Crippen LogP contribution is -2.40. The predicted octanol–water partition coefficient (Wildman–Crippen LogP) is 4.94. The van der Waals surface area contributed by atoms with Crippen LogP contribution < -0.4 is 0 Å². The highest BCUT2D eigenvalue weighted by Crippen LogP contribution is 2.58. The van der Waals surface area contributed by atoms with Crippen LogP contribution in [-0.2, 0) is 9.47 Å². The summed E-state index contributed by atoms with van der Waals surface area (Å²) in [6.07, 6.45) is 7.92. The van der Waals surface area contributed by atoms with Gasteiger partial charge in [-0.3, -0.25) is 0 Å². The van der Waals surface area contributed by atoms with Crippen molar-refractivity contribution in [2.24, 2.45) is 23.2 Å². The lowest BCUT2D eigenvalue weighted by molar-refractivity contribution is -0.162. The molecular formula is C19H32O2. The Morgan fingerprint density at radius 1 is 1.24 bits per heavy atom. The van der Waals surface area contributed by atoms with Crippen molar-refractivity contribution in [3.63, 3.8) is 0 Å². The molecule has 0 bridgehead atoms. The van der Waals surface area contributed by atoms with Gasteiger partial charge in [-0.15, -0.1) is 0 Å². The third-order valence-electron chi connectivity index (χ3n) is 6.71. The molecule has 21 heavy (non-hydrogen) atoms. The zero-order valence-corrected chi connectivity index (χ0v) is 14.4. The number of hydrogen-bond acceptors (Lipinski definition) is 2. The van der Waals surface area contributed by atoms with E-state index in [4.69, 9.17) is 9.47 Å². The lowest BCUT2D eigenvalue weighted by atomic mass is 9.69. The summed E-state index contributed by atoms with van der Waals surface area (Å²) in [4.78, 5) is 0. The summed E-state index contributed by atoms with van der Waals surface area (Å²) in [6.45, 7) is 15.7. The molecule has 3 fully saturated rings. The van der Waals surface area contributed by atoms with Gasteiger partial charge in [-0.1, -0.05) is 40.7 Å². The van der Waals surface area contributed by atoms with Gasteiger partial charge < -0.3 is 9.47 Å². The summed E-state index contributed by atoms with van der Waals surface area (Å²) in [5.74, 6) is 1.86.